The van der Waals surface area contributed by atoms with E-state index in [1.807, 2.05) is 0 Å². The Morgan fingerprint density at radius 1 is 1.50 bits per heavy atom. The Labute approximate surface area is 113 Å². The first-order valence-electron chi connectivity index (χ1n) is 5.81. The molecule has 0 heterocycles. The molecule has 1 aromatic rings. The maximum absolute atomic E-state index is 10.9. The van der Waals surface area contributed by atoms with Gasteiger partial charge in [0.15, 0.2) is 0 Å². The van der Waals surface area contributed by atoms with Gasteiger partial charge >= 0.3 is 0 Å². The number of hydrogen-bond donors (Lipinski definition) is 2. The minimum absolute atomic E-state index is 0.0180. The molecule has 1 fully saturated rings. The van der Waals surface area contributed by atoms with Gasteiger partial charge in [0.25, 0.3) is 5.69 Å². The highest BCUT2D eigenvalue weighted by molar-refractivity contribution is 9.10. The van der Waals surface area contributed by atoms with Crippen LogP contribution in [0.25, 0.3) is 0 Å². The van der Waals surface area contributed by atoms with Crippen molar-refractivity contribution >= 4 is 21.6 Å². The summed E-state index contributed by atoms with van der Waals surface area (Å²) in [7, 11) is 0. The van der Waals surface area contributed by atoms with Crippen molar-refractivity contribution in [3.8, 4) is 0 Å². The lowest BCUT2D eigenvalue weighted by Crippen LogP contribution is -2.26. The number of nitro benzene ring substituents is 1. The third-order valence-corrected chi connectivity index (χ3v) is 3.85. The molecule has 98 valence electrons. The molecule has 5 nitrogen and oxygen atoms in total. The van der Waals surface area contributed by atoms with Gasteiger partial charge in [0, 0.05) is 41.2 Å². The standard InChI is InChI=1S/C12H15BrN2O3/c13-10-2-1-9(11(5-10)15(17)18)6-14-7-12(8-16)3-4-12/h1-2,5,14,16H,3-4,6-8H2. The van der Waals surface area contributed by atoms with Crippen LogP contribution in [0.2, 0.25) is 0 Å². The van der Waals surface area contributed by atoms with E-state index >= 15 is 0 Å². The highest BCUT2D eigenvalue weighted by Gasteiger charge is 2.41. The zero-order chi connectivity index (χ0) is 13.2. The summed E-state index contributed by atoms with van der Waals surface area (Å²) in [4.78, 5) is 10.5. The van der Waals surface area contributed by atoms with E-state index in [2.05, 4.69) is 21.2 Å². The van der Waals surface area contributed by atoms with Crippen molar-refractivity contribution in [2.24, 2.45) is 5.41 Å². The Balaban J connectivity index is 1.98. The predicted molar refractivity (Wildman–Crippen MR) is 71.3 cm³/mol. The predicted octanol–water partition coefficient (Wildman–Crippen LogP) is 2.22. The van der Waals surface area contributed by atoms with Crippen LogP contribution in [0.5, 0.6) is 0 Å². The molecule has 0 aliphatic heterocycles. The van der Waals surface area contributed by atoms with E-state index in [0.717, 1.165) is 12.8 Å². The summed E-state index contributed by atoms with van der Waals surface area (Å²) in [6, 6.07) is 5.05. The molecule has 1 saturated carbocycles. The molecule has 1 aromatic carbocycles. The Morgan fingerprint density at radius 2 is 2.22 bits per heavy atom. The maximum atomic E-state index is 10.9. The highest BCUT2D eigenvalue weighted by atomic mass is 79.9. The Hall–Kier alpha value is -0.980. The fraction of sp³-hybridized carbons (Fsp3) is 0.500. The van der Waals surface area contributed by atoms with Gasteiger partial charge in [-0.2, -0.15) is 0 Å². The lowest BCUT2D eigenvalue weighted by molar-refractivity contribution is -0.385. The molecule has 1 aliphatic carbocycles. The molecule has 0 unspecified atom stereocenters. The zero-order valence-electron chi connectivity index (χ0n) is 9.86. The van der Waals surface area contributed by atoms with Crippen molar-refractivity contribution in [1.82, 2.24) is 5.32 Å². The van der Waals surface area contributed by atoms with E-state index in [0.29, 0.717) is 23.1 Å². The van der Waals surface area contributed by atoms with E-state index in [1.54, 1.807) is 12.1 Å². The number of nitrogens with one attached hydrogen (secondary N) is 1. The molecule has 1 aliphatic rings. The molecule has 6 heteroatoms. The number of halogens is 1. The molecular weight excluding hydrogens is 300 g/mol. The van der Waals surface area contributed by atoms with Crippen LogP contribution in [0.3, 0.4) is 0 Å². The van der Waals surface area contributed by atoms with Crippen molar-refractivity contribution in [3.63, 3.8) is 0 Å². The topological polar surface area (TPSA) is 75.4 Å². The van der Waals surface area contributed by atoms with Gasteiger partial charge in [-0.15, -0.1) is 0 Å². The zero-order valence-corrected chi connectivity index (χ0v) is 11.4. The summed E-state index contributed by atoms with van der Waals surface area (Å²) in [6.45, 7) is 1.34. The van der Waals surface area contributed by atoms with Crippen LogP contribution in [-0.4, -0.2) is 23.2 Å². The van der Waals surface area contributed by atoms with Gasteiger partial charge in [0.05, 0.1) is 4.92 Å². The average molecular weight is 315 g/mol. The first kappa shape index (κ1) is 13.5. The summed E-state index contributed by atoms with van der Waals surface area (Å²) >= 11 is 3.23. The first-order chi connectivity index (χ1) is 8.56. The number of nitro groups is 1. The van der Waals surface area contributed by atoms with Crippen LogP contribution in [0.4, 0.5) is 5.69 Å². The number of rotatable bonds is 6. The Bertz CT molecular complexity index is 461. The Morgan fingerprint density at radius 3 is 2.78 bits per heavy atom. The number of aliphatic hydroxyl groups excluding tert-OH is 1. The van der Waals surface area contributed by atoms with E-state index in [1.165, 1.54) is 6.07 Å². The second-order valence-corrected chi connectivity index (χ2v) is 5.71. The lowest BCUT2D eigenvalue weighted by Gasteiger charge is -2.12. The second kappa shape index (κ2) is 5.34. The summed E-state index contributed by atoms with van der Waals surface area (Å²) in [5.74, 6) is 0. The average Bonchev–Trinajstić information content (AvgIpc) is 3.11. The molecular formula is C12H15BrN2O3. The third-order valence-electron chi connectivity index (χ3n) is 3.35. The van der Waals surface area contributed by atoms with Crippen molar-refractivity contribution in [1.29, 1.82) is 0 Å². The summed E-state index contributed by atoms with van der Waals surface area (Å²) in [6.07, 6.45) is 2.05. The van der Waals surface area contributed by atoms with E-state index < -0.39 is 0 Å². The van der Waals surface area contributed by atoms with Crippen LogP contribution >= 0.6 is 15.9 Å². The molecule has 0 bridgehead atoms. The molecule has 18 heavy (non-hydrogen) atoms. The molecule has 0 spiro atoms. The van der Waals surface area contributed by atoms with Crippen LogP contribution in [0.1, 0.15) is 18.4 Å². The monoisotopic (exact) mass is 314 g/mol. The largest absolute Gasteiger partial charge is 0.396 e. The minimum Gasteiger partial charge on any atom is -0.396 e. The van der Waals surface area contributed by atoms with Gasteiger partial charge in [-0.25, -0.2) is 0 Å². The number of hydrogen-bond acceptors (Lipinski definition) is 4. The van der Waals surface area contributed by atoms with Crippen molar-refractivity contribution in [3.05, 3.63) is 38.3 Å². The van der Waals surface area contributed by atoms with Gasteiger partial charge in [0.2, 0.25) is 0 Å². The summed E-state index contributed by atoms with van der Waals surface area (Å²) < 4.78 is 0.701. The number of nitrogens with zero attached hydrogens (tertiary/aromatic N) is 1. The van der Waals surface area contributed by atoms with Gasteiger partial charge in [0.1, 0.15) is 0 Å². The fourth-order valence-corrected chi connectivity index (χ4v) is 2.24. The van der Waals surface area contributed by atoms with E-state index in [9.17, 15) is 15.2 Å². The van der Waals surface area contributed by atoms with Crippen LogP contribution in [0.15, 0.2) is 22.7 Å². The van der Waals surface area contributed by atoms with Crippen molar-refractivity contribution in [2.45, 2.75) is 19.4 Å². The SMILES string of the molecule is O=[N+]([O-])c1cc(Br)ccc1CNCC1(CO)CC1. The summed E-state index contributed by atoms with van der Waals surface area (Å²) in [5.41, 5.74) is 0.798. The van der Waals surface area contributed by atoms with Gasteiger partial charge in [-0.3, -0.25) is 10.1 Å². The summed E-state index contributed by atoms with van der Waals surface area (Å²) in [5, 5.41) is 23.3. The molecule has 0 atom stereocenters. The maximum Gasteiger partial charge on any atom is 0.275 e. The van der Waals surface area contributed by atoms with Gasteiger partial charge < -0.3 is 10.4 Å². The van der Waals surface area contributed by atoms with Crippen molar-refractivity contribution < 1.29 is 10.0 Å². The second-order valence-electron chi connectivity index (χ2n) is 4.79. The van der Waals surface area contributed by atoms with E-state index in [-0.39, 0.29) is 22.6 Å². The molecule has 0 amide bonds. The molecule has 0 saturated heterocycles. The number of aliphatic hydroxyl groups is 1. The smallest absolute Gasteiger partial charge is 0.275 e. The first-order valence-corrected chi connectivity index (χ1v) is 6.60. The molecule has 2 N–H and O–H groups in total. The Kier molecular flexibility index (Phi) is 3.99. The molecule has 0 aromatic heterocycles. The fourth-order valence-electron chi connectivity index (χ4n) is 1.89. The number of benzene rings is 1. The van der Waals surface area contributed by atoms with Crippen LogP contribution in [0, 0.1) is 15.5 Å². The minimum atomic E-state index is -0.374. The van der Waals surface area contributed by atoms with E-state index in [4.69, 9.17) is 0 Å². The van der Waals surface area contributed by atoms with Gasteiger partial charge in [-0.05, 0) is 25.0 Å². The van der Waals surface area contributed by atoms with Gasteiger partial charge in [-0.1, -0.05) is 15.9 Å². The molecule has 2 rings (SSSR count). The quantitative estimate of drug-likeness (QED) is 0.623. The third kappa shape index (κ3) is 3.07. The molecule has 0 radical (unpaired) electrons. The lowest BCUT2D eigenvalue weighted by atomic mass is 10.1. The normalized spacial score (nSPS) is 16.6. The highest BCUT2D eigenvalue weighted by Crippen LogP contribution is 2.44. The van der Waals surface area contributed by atoms with Crippen LogP contribution in [-0.2, 0) is 6.54 Å². The van der Waals surface area contributed by atoms with Crippen LogP contribution < -0.4 is 5.32 Å². The van der Waals surface area contributed by atoms with Crippen molar-refractivity contribution in [2.75, 3.05) is 13.2 Å².